The molecule has 0 amide bonds. The Morgan fingerprint density at radius 1 is 0.233 bits per heavy atom. The molecule has 13 aromatic rings. The normalized spacial score (nSPS) is 11.5. The average Bonchev–Trinajstić information content (AvgIpc) is 3.76. The minimum Gasteiger partial charge on any atom is -0.310 e. The first-order valence-corrected chi connectivity index (χ1v) is 25.1. The lowest BCUT2D eigenvalue weighted by Gasteiger charge is -2.26. The minimum atomic E-state index is 1.08. The zero-order chi connectivity index (χ0) is 49.0. The third-order valence-corrected chi connectivity index (χ3v) is 14.5. The van der Waals surface area contributed by atoms with E-state index in [-0.39, 0.29) is 0 Å². The van der Waals surface area contributed by atoms with Crippen LogP contribution in [0.2, 0.25) is 0 Å². The maximum atomic E-state index is 2.44. The first kappa shape index (κ1) is 43.6. The summed E-state index contributed by atoms with van der Waals surface area (Å²) in [6, 6.07) is 95.8. The van der Waals surface area contributed by atoms with E-state index in [4.69, 9.17) is 0 Å². The van der Waals surface area contributed by atoms with Gasteiger partial charge in [0.05, 0.1) is 11.0 Å². The van der Waals surface area contributed by atoms with Crippen LogP contribution in [0.3, 0.4) is 0 Å². The Balaban J connectivity index is 1.01. The molecule has 4 heteroatoms. The van der Waals surface area contributed by atoms with E-state index in [1.54, 1.807) is 0 Å². The summed E-state index contributed by atoms with van der Waals surface area (Å²) in [5, 5.41) is 9.60. The van der Waals surface area contributed by atoms with Gasteiger partial charge in [-0.1, -0.05) is 144 Å². The van der Waals surface area contributed by atoms with E-state index in [1.807, 2.05) is 0 Å². The third-order valence-electron chi connectivity index (χ3n) is 14.5. The van der Waals surface area contributed by atoms with Gasteiger partial charge in [-0.25, -0.2) is 0 Å². The number of rotatable bonds is 10. The van der Waals surface area contributed by atoms with Crippen LogP contribution in [-0.4, -0.2) is 4.57 Å². The smallest absolute Gasteiger partial charge is 0.0542 e. The second-order valence-electron chi connectivity index (χ2n) is 19.4. The molecule has 12 aromatic carbocycles. The van der Waals surface area contributed by atoms with E-state index in [0.29, 0.717) is 0 Å². The molecular weight excluding hydrogens is 885 g/mol. The lowest BCUT2D eigenvalue weighted by molar-refractivity contribution is 1.17. The zero-order valence-electron chi connectivity index (χ0n) is 41.1. The maximum absolute atomic E-state index is 2.44. The molecule has 0 radical (unpaired) electrons. The fraction of sp³-hybridized carbons (Fsp3) is 0.0435. The van der Waals surface area contributed by atoms with Crippen LogP contribution in [0, 0.1) is 20.8 Å². The molecule has 0 unspecified atom stereocenters. The van der Waals surface area contributed by atoms with Gasteiger partial charge in [0.2, 0.25) is 0 Å². The van der Waals surface area contributed by atoms with Crippen LogP contribution in [0.25, 0.3) is 59.8 Å². The molecule has 1 heterocycles. The summed E-state index contributed by atoms with van der Waals surface area (Å²) in [6.07, 6.45) is 0. The molecule has 0 aliphatic carbocycles. The largest absolute Gasteiger partial charge is 0.310 e. The highest BCUT2D eigenvalue weighted by Gasteiger charge is 2.22. The number of fused-ring (bicyclic) bond motifs is 6. The van der Waals surface area contributed by atoms with E-state index >= 15 is 0 Å². The molecule has 13 rings (SSSR count). The number of benzene rings is 12. The summed E-state index contributed by atoms with van der Waals surface area (Å²) in [6.45, 7) is 6.44. The highest BCUT2D eigenvalue weighted by molar-refractivity contribution is 6.12. The molecule has 1 aromatic heterocycles. The van der Waals surface area contributed by atoms with Crippen LogP contribution in [0.15, 0.2) is 261 Å². The van der Waals surface area contributed by atoms with Gasteiger partial charge in [0, 0.05) is 67.6 Å². The number of anilines is 9. The first-order valence-electron chi connectivity index (χ1n) is 25.1. The molecule has 73 heavy (non-hydrogen) atoms. The molecule has 0 atom stereocenters. The maximum Gasteiger partial charge on any atom is 0.0542 e. The van der Waals surface area contributed by atoms with E-state index in [0.717, 1.165) is 78.7 Å². The quantitative estimate of drug-likeness (QED) is 0.136. The van der Waals surface area contributed by atoms with Crippen molar-refractivity contribution in [3.05, 3.63) is 278 Å². The molecular formula is C69H52N4. The van der Waals surface area contributed by atoms with Gasteiger partial charge >= 0.3 is 0 Å². The topological polar surface area (TPSA) is 14.7 Å². The first-order chi connectivity index (χ1) is 35.9. The van der Waals surface area contributed by atoms with Crippen molar-refractivity contribution in [1.29, 1.82) is 0 Å². The van der Waals surface area contributed by atoms with E-state index in [9.17, 15) is 0 Å². The van der Waals surface area contributed by atoms with Crippen molar-refractivity contribution >= 4 is 105 Å². The predicted octanol–water partition coefficient (Wildman–Crippen LogP) is 19.6. The van der Waals surface area contributed by atoms with Gasteiger partial charge in [-0.2, -0.15) is 0 Å². The van der Waals surface area contributed by atoms with Crippen molar-refractivity contribution in [1.82, 2.24) is 4.57 Å². The van der Waals surface area contributed by atoms with Crippen LogP contribution in [0.1, 0.15) is 16.7 Å². The number of hydrogen-bond donors (Lipinski definition) is 0. The fourth-order valence-electron chi connectivity index (χ4n) is 10.7. The highest BCUT2D eigenvalue weighted by Crippen LogP contribution is 2.45. The highest BCUT2D eigenvalue weighted by atomic mass is 15.2. The number of hydrogen-bond acceptors (Lipinski definition) is 3. The number of aromatic nitrogens is 1. The summed E-state index contributed by atoms with van der Waals surface area (Å²) in [4.78, 5) is 7.15. The zero-order valence-corrected chi connectivity index (χ0v) is 41.1. The van der Waals surface area contributed by atoms with Gasteiger partial charge in [0.1, 0.15) is 0 Å². The van der Waals surface area contributed by atoms with Crippen LogP contribution in [-0.2, 0) is 0 Å². The fourth-order valence-corrected chi connectivity index (χ4v) is 10.7. The summed E-state index contributed by atoms with van der Waals surface area (Å²) >= 11 is 0. The SMILES string of the molecule is Cc1ccc(N(c2ccc(-n3c4ccc(N(c5ccc(C)cc5)c5ccc6ccccc6c5)cc4c4cc(N(c5ccc(C)cc5)c5ccc6ccccc6c5)ccc43)cc2)c2ccc3ccccc3c2)cc1. The molecule has 4 nitrogen and oxygen atoms in total. The van der Waals surface area contributed by atoms with Gasteiger partial charge in [-0.3, -0.25) is 0 Å². The minimum absolute atomic E-state index is 1.08. The van der Waals surface area contributed by atoms with Crippen molar-refractivity contribution < 1.29 is 0 Å². The van der Waals surface area contributed by atoms with E-state index in [2.05, 4.69) is 301 Å². The Hall–Kier alpha value is -9.38. The van der Waals surface area contributed by atoms with Gasteiger partial charge in [0.25, 0.3) is 0 Å². The Kier molecular flexibility index (Phi) is 10.8. The van der Waals surface area contributed by atoms with Crippen LogP contribution < -0.4 is 14.7 Å². The monoisotopic (exact) mass is 936 g/mol. The van der Waals surface area contributed by atoms with E-state index in [1.165, 1.54) is 49.0 Å². The number of aryl methyl sites for hydroxylation is 3. The second kappa shape index (κ2) is 18.1. The van der Waals surface area contributed by atoms with Crippen molar-refractivity contribution in [3.63, 3.8) is 0 Å². The van der Waals surface area contributed by atoms with Gasteiger partial charge in [-0.15, -0.1) is 0 Å². The van der Waals surface area contributed by atoms with Gasteiger partial charge < -0.3 is 19.3 Å². The van der Waals surface area contributed by atoms with Gasteiger partial charge in [0.15, 0.2) is 0 Å². The Morgan fingerprint density at radius 3 is 0.836 bits per heavy atom. The molecule has 0 saturated heterocycles. The van der Waals surface area contributed by atoms with Gasteiger partial charge in [-0.05, 0) is 187 Å². The predicted molar refractivity (Wildman–Crippen MR) is 312 cm³/mol. The Morgan fingerprint density at radius 2 is 0.493 bits per heavy atom. The molecule has 0 aliphatic rings. The van der Waals surface area contributed by atoms with Crippen molar-refractivity contribution in [2.75, 3.05) is 14.7 Å². The molecule has 348 valence electrons. The molecule has 0 spiro atoms. The molecule has 0 aliphatic heterocycles. The molecule has 0 saturated carbocycles. The summed E-state index contributed by atoms with van der Waals surface area (Å²) in [5.74, 6) is 0. The lowest BCUT2D eigenvalue weighted by atomic mass is 10.1. The Bertz CT molecular complexity index is 3980. The molecule has 0 N–H and O–H groups in total. The number of nitrogens with zero attached hydrogens (tertiary/aromatic N) is 4. The van der Waals surface area contributed by atoms with Crippen molar-refractivity contribution in [2.24, 2.45) is 0 Å². The standard InChI is InChI=1S/C69H52N4/c1-47-16-25-56(26-17-47)70(61-31-22-50-10-4-7-13-53(50)42-61)59-34-36-60(37-35-59)73-68-40-38-64(71(57-27-18-48(2)19-28-57)62-32-23-51-11-5-8-14-54(51)43-62)45-66(68)67-46-65(39-41-69(67)73)72(58-29-20-49(3)21-30-58)63-33-24-52-12-6-9-15-55(52)44-63/h4-46H,1-3H3. The van der Waals surface area contributed by atoms with Crippen molar-refractivity contribution in [3.8, 4) is 5.69 Å². The van der Waals surface area contributed by atoms with Crippen LogP contribution in [0.4, 0.5) is 51.2 Å². The summed E-state index contributed by atoms with van der Waals surface area (Å²) in [7, 11) is 0. The third kappa shape index (κ3) is 8.09. The molecule has 0 bridgehead atoms. The summed E-state index contributed by atoms with van der Waals surface area (Å²) < 4.78 is 2.44. The van der Waals surface area contributed by atoms with Crippen LogP contribution in [0.5, 0.6) is 0 Å². The van der Waals surface area contributed by atoms with E-state index < -0.39 is 0 Å². The molecule has 0 fully saturated rings. The average molecular weight is 937 g/mol. The van der Waals surface area contributed by atoms with Crippen molar-refractivity contribution in [2.45, 2.75) is 20.8 Å². The Labute approximate surface area is 426 Å². The lowest BCUT2D eigenvalue weighted by Crippen LogP contribution is -2.10. The summed E-state index contributed by atoms with van der Waals surface area (Å²) in [5.41, 5.74) is 16.9. The van der Waals surface area contributed by atoms with Crippen LogP contribution >= 0.6 is 0 Å². The second-order valence-corrected chi connectivity index (χ2v) is 19.4.